The summed E-state index contributed by atoms with van der Waals surface area (Å²) in [5.41, 5.74) is 0.0872. The lowest BCUT2D eigenvalue weighted by Crippen LogP contribution is -2.08. The predicted octanol–water partition coefficient (Wildman–Crippen LogP) is 1.30. The third-order valence-corrected chi connectivity index (χ3v) is 1.82. The molecule has 0 spiro atoms. The Bertz CT molecular complexity index is 295. The molecule has 1 aromatic carbocycles. The minimum atomic E-state index is -1.05. The minimum Gasteiger partial charge on any atom is -0.478 e. The zero-order valence-electron chi connectivity index (χ0n) is 5.52. The van der Waals surface area contributed by atoms with Crippen LogP contribution in [0.3, 0.4) is 0 Å². The SMILES string of the molecule is O=Pc1ccccc1C(=O)O. The Labute approximate surface area is 64.9 Å². The van der Waals surface area contributed by atoms with Gasteiger partial charge in [0.05, 0.1) is 10.9 Å². The fourth-order valence-corrected chi connectivity index (χ4v) is 1.15. The van der Waals surface area contributed by atoms with E-state index in [9.17, 15) is 9.36 Å². The van der Waals surface area contributed by atoms with Gasteiger partial charge in [-0.3, -0.25) is 4.57 Å². The fraction of sp³-hybridized carbons (Fsp3) is 0. The molecule has 3 nitrogen and oxygen atoms in total. The van der Waals surface area contributed by atoms with Crippen LogP contribution >= 0.6 is 8.46 Å². The Hall–Kier alpha value is -1.21. The molecule has 0 aromatic heterocycles. The lowest BCUT2D eigenvalue weighted by Gasteiger charge is -1.94. The Morgan fingerprint density at radius 3 is 2.45 bits per heavy atom. The van der Waals surface area contributed by atoms with Crippen molar-refractivity contribution in [3.05, 3.63) is 29.8 Å². The van der Waals surface area contributed by atoms with Gasteiger partial charge in [0.25, 0.3) is 0 Å². The summed E-state index contributed by atoms with van der Waals surface area (Å²) in [6.45, 7) is 0. The van der Waals surface area contributed by atoms with Crippen LogP contribution in [0.2, 0.25) is 0 Å². The molecule has 0 bridgehead atoms. The largest absolute Gasteiger partial charge is 0.478 e. The minimum absolute atomic E-state index is 0.0872. The molecule has 0 heterocycles. The molecular weight excluding hydrogens is 163 g/mol. The summed E-state index contributed by atoms with van der Waals surface area (Å²) < 4.78 is 10.4. The molecule has 0 saturated carbocycles. The number of aromatic carboxylic acids is 1. The zero-order chi connectivity index (χ0) is 8.27. The second kappa shape index (κ2) is 3.26. The van der Waals surface area contributed by atoms with E-state index in [2.05, 4.69) is 0 Å². The van der Waals surface area contributed by atoms with Gasteiger partial charge >= 0.3 is 5.97 Å². The van der Waals surface area contributed by atoms with Crippen molar-refractivity contribution in [3.63, 3.8) is 0 Å². The van der Waals surface area contributed by atoms with Crippen molar-refractivity contribution >= 4 is 19.7 Å². The molecule has 0 aliphatic carbocycles. The molecule has 0 unspecified atom stereocenters. The highest BCUT2D eigenvalue weighted by molar-refractivity contribution is 7.34. The third-order valence-electron chi connectivity index (χ3n) is 1.23. The standard InChI is InChI=1S/C7H5O3P/c8-7(9)5-3-1-2-4-6(5)11-10/h1-4H,(H,8,9). The number of benzene rings is 1. The summed E-state index contributed by atoms with van der Waals surface area (Å²) in [4.78, 5) is 10.4. The Kier molecular flexibility index (Phi) is 2.34. The zero-order valence-corrected chi connectivity index (χ0v) is 6.41. The number of carboxylic acid groups (broad SMARTS) is 1. The van der Waals surface area contributed by atoms with Crippen molar-refractivity contribution in [1.29, 1.82) is 0 Å². The number of rotatable bonds is 2. The van der Waals surface area contributed by atoms with Gasteiger partial charge in [0.1, 0.15) is 0 Å². The molecule has 0 aliphatic rings. The maximum Gasteiger partial charge on any atom is 0.336 e. The fourth-order valence-electron chi connectivity index (χ4n) is 0.734. The molecule has 1 rings (SSSR count). The van der Waals surface area contributed by atoms with Crippen LogP contribution in [0.1, 0.15) is 10.4 Å². The number of carboxylic acids is 1. The Morgan fingerprint density at radius 1 is 1.36 bits per heavy atom. The molecule has 11 heavy (non-hydrogen) atoms. The molecule has 1 aromatic rings. The number of carbonyl (C=O) groups is 1. The smallest absolute Gasteiger partial charge is 0.336 e. The van der Waals surface area contributed by atoms with E-state index in [1.165, 1.54) is 12.1 Å². The van der Waals surface area contributed by atoms with E-state index >= 15 is 0 Å². The van der Waals surface area contributed by atoms with Crippen LogP contribution in [-0.4, -0.2) is 11.1 Å². The van der Waals surface area contributed by atoms with Gasteiger partial charge in [0, 0.05) is 0 Å². The Morgan fingerprint density at radius 2 is 2.00 bits per heavy atom. The van der Waals surface area contributed by atoms with E-state index in [4.69, 9.17) is 5.11 Å². The van der Waals surface area contributed by atoms with Crippen LogP contribution in [0.15, 0.2) is 24.3 Å². The maximum atomic E-state index is 10.4. The molecule has 0 radical (unpaired) electrons. The molecule has 0 aliphatic heterocycles. The first-order valence-electron chi connectivity index (χ1n) is 2.91. The van der Waals surface area contributed by atoms with Crippen molar-refractivity contribution in [1.82, 2.24) is 0 Å². The van der Waals surface area contributed by atoms with Gasteiger partial charge in [-0.1, -0.05) is 12.1 Å². The van der Waals surface area contributed by atoms with Crippen LogP contribution in [0.5, 0.6) is 0 Å². The average Bonchev–Trinajstić information content (AvgIpc) is 2.04. The second-order valence-corrected chi connectivity index (χ2v) is 2.58. The topological polar surface area (TPSA) is 54.4 Å². The molecule has 1 N–H and O–H groups in total. The van der Waals surface area contributed by atoms with Crippen LogP contribution in [0.4, 0.5) is 0 Å². The highest BCUT2D eigenvalue weighted by Crippen LogP contribution is 2.02. The summed E-state index contributed by atoms with van der Waals surface area (Å²) in [7, 11) is -0.258. The Balaban J connectivity index is 3.22. The molecule has 0 fully saturated rings. The van der Waals surface area contributed by atoms with Crippen LogP contribution in [-0.2, 0) is 4.57 Å². The summed E-state index contributed by atoms with van der Waals surface area (Å²) >= 11 is 0. The van der Waals surface area contributed by atoms with Crippen molar-refractivity contribution in [2.75, 3.05) is 0 Å². The van der Waals surface area contributed by atoms with E-state index in [0.29, 0.717) is 5.30 Å². The first-order chi connectivity index (χ1) is 5.25. The summed E-state index contributed by atoms with van der Waals surface area (Å²) in [6.07, 6.45) is 0. The normalized spacial score (nSPS) is 9.82. The van der Waals surface area contributed by atoms with E-state index < -0.39 is 5.97 Å². The lowest BCUT2D eigenvalue weighted by molar-refractivity contribution is 0.0698. The molecular formula is C7H5O3P. The van der Waals surface area contributed by atoms with Crippen molar-refractivity contribution in [3.8, 4) is 0 Å². The van der Waals surface area contributed by atoms with Gasteiger partial charge in [-0.25, -0.2) is 4.79 Å². The van der Waals surface area contributed by atoms with Gasteiger partial charge < -0.3 is 5.11 Å². The number of hydrogen-bond acceptors (Lipinski definition) is 2. The average molecular weight is 168 g/mol. The van der Waals surface area contributed by atoms with Gasteiger partial charge in [0.2, 0.25) is 0 Å². The molecule has 0 atom stereocenters. The molecule has 56 valence electrons. The van der Waals surface area contributed by atoms with Crippen molar-refractivity contribution in [2.24, 2.45) is 0 Å². The third kappa shape index (κ3) is 1.63. The molecule has 0 amide bonds. The van der Waals surface area contributed by atoms with Crippen LogP contribution < -0.4 is 5.30 Å². The first kappa shape index (κ1) is 7.89. The van der Waals surface area contributed by atoms with Crippen LogP contribution in [0.25, 0.3) is 0 Å². The highest BCUT2D eigenvalue weighted by Gasteiger charge is 2.07. The monoisotopic (exact) mass is 168 g/mol. The first-order valence-corrected chi connectivity index (χ1v) is 3.72. The summed E-state index contributed by atoms with van der Waals surface area (Å²) in [6, 6.07) is 6.17. The van der Waals surface area contributed by atoms with Gasteiger partial charge in [-0.2, -0.15) is 0 Å². The van der Waals surface area contributed by atoms with E-state index in [1.807, 2.05) is 0 Å². The van der Waals surface area contributed by atoms with Crippen LogP contribution in [0, 0.1) is 0 Å². The molecule has 0 saturated heterocycles. The van der Waals surface area contributed by atoms with E-state index in [-0.39, 0.29) is 14.0 Å². The summed E-state index contributed by atoms with van der Waals surface area (Å²) in [5.74, 6) is -1.05. The predicted molar refractivity (Wildman–Crippen MR) is 40.6 cm³/mol. The second-order valence-electron chi connectivity index (χ2n) is 1.91. The van der Waals surface area contributed by atoms with E-state index in [0.717, 1.165) is 0 Å². The van der Waals surface area contributed by atoms with E-state index in [1.54, 1.807) is 12.1 Å². The van der Waals surface area contributed by atoms with Crippen molar-refractivity contribution < 1.29 is 14.5 Å². The lowest BCUT2D eigenvalue weighted by atomic mass is 10.2. The van der Waals surface area contributed by atoms with Gasteiger partial charge in [0.15, 0.2) is 8.46 Å². The number of hydrogen-bond donors (Lipinski definition) is 1. The van der Waals surface area contributed by atoms with Crippen molar-refractivity contribution in [2.45, 2.75) is 0 Å². The molecule has 4 heteroatoms. The highest BCUT2D eigenvalue weighted by atomic mass is 31.1. The maximum absolute atomic E-state index is 10.4. The van der Waals surface area contributed by atoms with Gasteiger partial charge in [-0.05, 0) is 12.1 Å². The summed E-state index contributed by atoms with van der Waals surface area (Å²) in [5, 5.41) is 8.86. The quantitative estimate of drug-likeness (QED) is 0.677. The van der Waals surface area contributed by atoms with Gasteiger partial charge in [-0.15, -0.1) is 0 Å².